The molecule has 0 saturated carbocycles. The highest BCUT2D eigenvalue weighted by molar-refractivity contribution is 6.23. The highest BCUT2D eigenvalue weighted by atomic mass is 16.5. The molecule has 32 heavy (non-hydrogen) atoms. The number of esters is 1. The van der Waals surface area contributed by atoms with E-state index < -0.39 is 5.97 Å². The van der Waals surface area contributed by atoms with E-state index in [0.29, 0.717) is 29.1 Å². The molecule has 0 saturated heterocycles. The summed E-state index contributed by atoms with van der Waals surface area (Å²) in [6.07, 6.45) is 1.76. The van der Waals surface area contributed by atoms with E-state index in [1.807, 2.05) is 43.3 Å². The van der Waals surface area contributed by atoms with Crippen molar-refractivity contribution in [2.75, 3.05) is 18.1 Å². The predicted octanol–water partition coefficient (Wildman–Crippen LogP) is 5.65. The van der Waals surface area contributed by atoms with E-state index in [-0.39, 0.29) is 17.9 Å². The molecule has 3 rings (SSSR count). The zero-order valence-corrected chi connectivity index (χ0v) is 19.7. The van der Waals surface area contributed by atoms with Gasteiger partial charge in [-0.3, -0.25) is 9.69 Å². The molecule has 0 N–H and O–H groups in total. The fourth-order valence-electron chi connectivity index (χ4n) is 3.70. The van der Waals surface area contributed by atoms with Gasteiger partial charge in [0, 0.05) is 11.4 Å². The monoisotopic (exact) mass is 433 g/mol. The Bertz CT molecular complexity index is 1050. The van der Waals surface area contributed by atoms with E-state index in [2.05, 4.69) is 32.9 Å². The molecule has 0 fully saturated rings. The molecule has 5 nitrogen and oxygen atoms in total. The number of amides is 1. The molecule has 0 aliphatic carbocycles. The number of allylic oxidation sites excluding steroid dienone is 1. The number of benzene rings is 2. The second-order valence-electron chi connectivity index (χ2n) is 8.68. The number of carbonyl (C=O) groups is 2. The fraction of sp³-hybridized carbons (Fsp3) is 0.333. The van der Waals surface area contributed by atoms with E-state index >= 15 is 0 Å². The molecule has 0 atom stereocenters. The van der Waals surface area contributed by atoms with Crippen molar-refractivity contribution in [2.45, 2.75) is 47.0 Å². The van der Waals surface area contributed by atoms with Crippen molar-refractivity contribution >= 4 is 23.6 Å². The molecule has 2 aromatic rings. The van der Waals surface area contributed by atoms with E-state index in [9.17, 15) is 9.59 Å². The zero-order chi connectivity index (χ0) is 23.5. The second kappa shape index (κ2) is 9.43. The van der Waals surface area contributed by atoms with Crippen LogP contribution in [0.1, 0.15) is 52.7 Å². The Morgan fingerprint density at radius 3 is 2.12 bits per heavy atom. The van der Waals surface area contributed by atoms with Crippen LogP contribution in [0.2, 0.25) is 0 Å². The van der Waals surface area contributed by atoms with Gasteiger partial charge in [-0.15, -0.1) is 0 Å². The molecule has 0 aromatic heterocycles. The van der Waals surface area contributed by atoms with Crippen LogP contribution in [0.4, 0.5) is 5.69 Å². The maximum Gasteiger partial charge on any atom is 0.340 e. The molecule has 1 aliphatic heterocycles. The van der Waals surface area contributed by atoms with Crippen LogP contribution in [0.15, 0.2) is 65.4 Å². The maximum atomic E-state index is 13.5. The van der Waals surface area contributed by atoms with Crippen LogP contribution < -0.4 is 9.64 Å². The molecule has 0 radical (unpaired) electrons. The highest BCUT2D eigenvalue weighted by Crippen LogP contribution is 2.36. The Morgan fingerprint density at radius 1 is 0.969 bits per heavy atom. The smallest absolute Gasteiger partial charge is 0.340 e. The second-order valence-corrected chi connectivity index (χ2v) is 8.68. The third-order valence-corrected chi connectivity index (χ3v) is 5.37. The quantitative estimate of drug-likeness (QED) is 0.436. The number of anilines is 1. The van der Waals surface area contributed by atoms with Crippen molar-refractivity contribution in [3.05, 3.63) is 76.5 Å². The summed E-state index contributed by atoms with van der Waals surface area (Å²) >= 11 is 0. The number of rotatable bonds is 6. The van der Waals surface area contributed by atoms with Gasteiger partial charge in [0.2, 0.25) is 0 Å². The Balaban J connectivity index is 2.04. The van der Waals surface area contributed by atoms with Crippen LogP contribution in [0.5, 0.6) is 5.75 Å². The summed E-state index contributed by atoms with van der Waals surface area (Å²) < 4.78 is 10.8. The lowest BCUT2D eigenvalue weighted by atomic mass is 9.86. The van der Waals surface area contributed by atoms with Gasteiger partial charge in [0.25, 0.3) is 5.91 Å². The molecular weight excluding hydrogens is 402 g/mol. The standard InChI is InChI=1S/C27H31NO4/c1-7-31-22-15-13-21(14-16-22)28-18(3)24(26(30)32-8-2)23(25(28)29)17-19-9-11-20(12-10-19)27(4,5)6/h9-17H,7-8H2,1-6H3/b23-17-. The highest BCUT2D eigenvalue weighted by Gasteiger charge is 2.38. The van der Waals surface area contributed by atoms with Crippen molar-refractivity contribution in [3.8, 4) is 5.75 Å². The number of hydrogen-bond donors (Lipinski definition) is 0. The van der Waals surface area contributed by atoms with E-state index in [1.165, 1.54) is 5.56 Å². The number of carbonyl (C=O) groups excluding carboxylic acids is 2. The van der Waals surface area contributed by atoms with Gasteiger partial charge in [0.1, 0.15) is 5.75 Å². The lowest BCUT2D eigenvalue weighted by Crippen LogP contribution is -2.24. The molecule has 0 spiro atoms. The first kappa shape index (κ1) is 23.3. The molecule has 1 aliphatic rings. The molecular formula is C27H31NO4. The lowest BCUT2D eigenvalue weighted by Gasteiger charge is -2.19. The van der Waals surface area contributed by atoms with Gasteiger partial charge in [0.05, 0.1) is 24.4 Å². The Hall–Kier alpha value is -3.34. The molecule has 168 valence electrons. The van der Waals surface area contributed by atoms with Gasteiger partial charge < -0.3 is 9.47 Å². The summed E-state index contributed by atoms with van der Waals surface area (Å²) in [5.74, 6) is -0.0243. The van der Waals surface area contributed by atoms with Crippen molar-refractivity contribution < 1.29 is 19.1 Å². The van der Waals surface area contributed by atoms with Gasteiger partial charge in [-0.25, -0.2) is 4.79 Å². The van der Waals surface area contributed by atoms with Crippen molar-refractivity contribution in [2.24, 2.45) is 0 Å². The Labute approximate surface area is 190 Å². The molecule has 1 amide bonds. The van der Waals surface area contributed by atoms with Gasteiger partial charge in [-0.2, -0.15) is 0 Å². The normalized spacial score (nSPS) is 15.5. The largest absolute Gasteiger partial charge is 0.494 e. The Kier molecular flexibility index (Phi) is 6.87. The van der Waals surface area contributed by atoms with Crippen molar-refractivity contribution in [1.82, 2.24) is 0 Å². The zero-order valence-electron chi connectivity index (χ0n) is 19.7. The molecule has 5 heteroatoms. The van der Waals surface area contributed by atoms with E-state index in [4.69, 9.17) is 9.47 Å². The first-order chi connectivity index (χ1) is 15.2. The van der Waals surface area contributed by atoms with E-state index in [0.717, 1.165) is 11.3 Å². The maximum absolute atomic E-state index is 13.5. The first-order valence-electron chi connectivity index (χ1n) is 10.9. The topological polar surface area (TPSA) is 55.8 Å². The summed E-state index contributed by atoms with van der Waals surface area (Å²) in [6.45, 7) is 12.7. The average Bonchev–Trinajstić information content (AvgIpc) is 2.98. The number of hydrogen-bond acceptors (Lipinski definition) is 4. The first-order valence-corrected chi connectivity index (χ1v) is 10.9. The summed E-state index contributed by atoms with van der Waals surface area (Å²) in [6, 6.07) is 15.3. The average molecular weight is 434 g/mol. The van der Waals surface area contributed by atoms with Crippen LogP contribution in [0.3, 0.4) is 0 Å². The lowest BCUT2D eigenvalue weighted by molar-refractivity contribution is -0.138. The van der Waals surface area contributed by atoms with Crippen LogP contribution >= 0.6 is 0 Å². The van der Waals surface area contributed by atoms with Crippen molar-refractivity contribution in [3.63, 3.8) is 0 Å². The SMILES string of the molecule is CCOC(=O)C1=C(C)N(c2ccc(OCC)cc2)C(=O)/C1=C\c1ccc(C(C)(C)C)cc1. The minimum absolute atomic E-state index is 0.0336. The molecule has 2 aromatic carbocycles. The number of nitrogens with zero attached hydrogens (tertiary/aromatic N) is 1. The summed E-state index contributed by atoms with van der Waals surface area (Å²) in [7, 11) is 0. The van der Waals surface area contributed by atoms with Crippen molar-refractivity contribution in [1.29, 1.82) is 0 Å². The molecule has 0 unspecified atom stereocenters. The third-order valence-electron chi connectivity index (χ3n) is 5.37. The Morgan fingerprint density at radius 2 is 1.59 bits per heavy atom. The summed E-state index contributed by atoms with van der Waals surface area (Å²) in [5, 5.41) is 0. The van der Waals surface area contributed by atoms with Crippen LogP contribution in [-0.2, 0) is 19.7 Å². The van der Waals surface area contributed by atoms with Gasteiger partial charge in [0.15, 0.2) is 0 Å². The van der Waals surface area contributed by atoms with E-state index in [1.54, 1.807) is 24.8 Å². The summed E-state index contributed by atoms with van der Waals surface area (Å²) in [5.41, 5.74) is 3.94. The third kappa shape index (κ3) is 4.77. The van der Waals surface area contributed by atoms with Crippen LogP contribution in [0.25, 0.3) is 6.08 Å². The minimum Gasteiger partial charge on any atom is -0.494 e. The van der Waals surface area contributed by atoms with Gasteiger partial charge in [-0.05, 0) is 67.7 Å². The molecule has 1 heterocycles. The van der Waals surface area contributed by atoms with Crippen LogP contribution in [0, 0.1) is 0 Å². The van der Waals surface area contributed by atoms with Crippen LogP contribution in [-0.4, -0.2) is 25.1 Å². The molecule has 0 bridgehead atoms. The van der Waals surface area contributed by atoms with Gasteiger partial charge >= 0.3 is 5.97 Å². The summed E-state index contributed by atoms with van der Waals surface area (Å²) in [4.78, 5) is 27.8. The number of ether oxygens (including phenoxy) is 2. The minimum atomic E-state index is -0.496. The van der Waals surface area contributed by atoms with Gasteiger partial charge in [-0.1, -0.05) is 45.0 Å². The predicted molar refractivity (Wildman–Crippen MR) is 128 cm³/mol. The fourth-order valence-corrected chi connectivity index (χ4v) is 3.70.